The van der Waals surface area contributed by atoms with Gasteiger partial charge in [-0.05, 0) is 31.0 Å². The van der Waals surface area contributed by atoms with Crippen LogP contribution < -0.4 is 10.9 Å². The third-order valence-corrected chi connectivity index (χ3v) is 4.80. The fourth-order valence-corrected chi connectivity index (χ4v) is 3.62. The Morgan fingerprint density at radius 2 is 1.60 bits per heavy atom. The lowest BCUT2D eigenvalue weighted by atomic mass is 9.97. The fourth-order valence-electron chi connectivity index (χ4n) is 3.62. The van der Waals surface area contributed by atoms with E-state index in [0.717, 1.165) is 41.2 Å². The van der Waals surface area contributed by atoms with Crippen LogP contribution in [0.4, 0.5) is 0 Å². The van der Waals surface area contributed by atoms with Gasteiger partial charge in [0.15, 0.2) is 0 Å². The molecule has 0 saturated carbocycles. The third-order valence-electron chi connectivity index (χ3n) is 4.80. The SMILES string of the molecule is Cc1nc2c(c(=O)n1C(c1ccccc1)c1ccccc1)CCNC2. The summed E-state index contributed by atoms with van der Waals surface area (Å²) < 4.78 is 1.86. The lowest BCUT2D eigenvalue weighted by Crippen LogP contribution is -2.38. The summed E-state index contributed by atoms with van der Waals surface area (Å²) in [7, 11) is 0. The molecule has 1 aliphatic heterocycles. The number of nitrogens with zero attached hydrogens (tertiary/aromatic N) is 2. The first-order valence-electron chi connectivity index (χ1n) is 8.67. The molecular weight excluding hydrogens is 310 g/mol. The van der Waals surface area contributed by atoms with Crippen molar-refractivity contribution in [3.8, 4) is 0 Å². The van der Waals surface area contributed by atoms with E-state index in [0.29, 0.717) is 6.54 Å². The smallest absolute Gasteiger partial charge is 0.257 e. The van der Waals surface area contributed by atoms with Gasteiger partial charge in [-0.2, -0.15) is 0 Å². The maximum absolute atomic E-state index is 13.3. The molecule has 4 nitrogen and oxygen atoms in total. The number of hydrogen-bond acceptors (Lipinski definition) is 3. The minimum Gasteiger partial charge on any atom is -0.311 e. The zero-order chi connectivity index (χ0) is 17.2. The van der Waals surface area contributed by atoms with Crippen LogP contribution in [0.3, 0.4) is 0 Å². The molecule has 0 saturated heterocycles. The highest BCUT2D eigenvalue weighted by Gasteiger charge is 2.24. The van der Waals surface area contributed by atoms with E-state index in [2.05, 4.69) is 29.6 Å². The maximum Gasteiger partial charge on any atom is 0.257 e. The molecule has 0 amide bonds. The minimum atomic E-state index is -0.164. The van der Waals surface area contributed by atoms with Gasteiger partial charge >= 0.3 is 0 Å². The van der Waals surface area contributed by atoms with Crippen LogP contribution >= 0.6 is 0 Å². The molecule has 1 N–H and O–H groups in total. The molecule has 0 fully saturated rings. The Balaban J connectivity index is 1.96. The third kappa shape index (κ3) is 2.89. The molecule has 1 aliphatic rings. The standard InChI is InChI=1S/C21H21N3O/c1-15-23-19-14-22-13-12-18(19)21(25)24(15)20(16-8-4-2-5-9-16)17-10-6-3-7-11-17/h2-11,20,22H,12-14H2,1H3. The van der Waals surface area contributed by atoms with Crippen molar-refractivity contribution in [2.75, 3.05) is 6.54 Å². The zero-order valence-corrected chi connectivity index (χ0v) is 14.3. The predicted molar refractivity (Wildman–Crippen MR) is 98.8 cm³/mol. The van der Waals surface area contributed by atoms with Gasteiger partial charge in [0.2, 0.25) is 0 Å². The number of rotatable bonds is 3. The molecule has 0 unspecified atom stereocenters. The van der Waals surface area contributed by atoms with Crippen LogP contribution in [0.25, 0.3) is 0 Å². The molecule has 2 aromatic carbocycles. The molecule has 3 aromatic rings. The van der Waals surface area contributed by atoms with Crippen molar-refractivity contribution in [1.29, 1.82) is 0 Å². The Morgan fingerprint density at radius 1 is 1.00 bits per heavy atom. The average Bonchev–Trinajstić information content (AvgIpc) is 2.66. The summed E-state index contributed by atoms with van der Waals surface area (Å²) in [5, 5.41) is 3.30. The van der Waals surface area contributed by atoms with Crippen molar-refractivity contribution >= 4 is 0 Å². The second kappa shape index (κ2) is 6.65. The Morgan fingerprint density at radius 3 is 2.20 bits per heavy atom. The molecule has 2 heterocycles. The van der Waals surface area contributed by atoms with Gasteiger partial charge in [-0.1, -0.05) is 60.7 Å². The van der Waals surface area contributed by atoms with E-state index in [9.17, 15) is 4.79 Å². The molecule has 0 spiro atoms. The average molecular weight is 331 g/mol. The van der Waals surface area contributed by atoms with Crippen LogP contribution in [0.2, 0.25) is 0 Å². The first-order valence-corrected chi connectivity index (χ1v) is 8.67. The summed E-state index contributed by atoms with van der Waals surface area (Å²) in [6, 6.07) is 20.2. The Bertz CT molecular complexity index is 893. The Kier molecular flexibility index (Phi) is 4.20. The highest BCUT2D eigenvalue weighted by Crippen LogP contribution is 2.26. The molecule has 4 heteroatoms. The largest absolute Gasteiger partial charge is 0.311 e. The molecule has 0 aliphatic carbocycles. The number of hydrogen-bond donors (Lipinski definition) is 1. The molecule has 4 rings (SSSR count). The van der Waals surface area contributed by atoms with Crippen molar-refractivity contribution < 1.29 is 0 Å². The van der Waals surface area contributed by atoms with Gasteiger partial charge in [-0.25, -0.2) is 4.98 Å². The topological polar surface area (TPSA) is 46.9 Å². The van der Waals surface area contributed by atoms with Crippen LogP contribution in [0, 0.1) is 6.92 Å². The van der Waals surface area contributed by atoms with E-state index in [-0.39, 0.29) is 11.6 Å². The lowest BCUT2D eigenvalue weighted by molar-refractivity contribution is 0.557. The first-order chi connectivity index (χ1) is 12.3. The van der Waals surface area contributed by atoms with Crippen molar-refractivity contribution in [2.45, 2.75) is 25.9 Å². The van der Waals surface area contributed by atoms with Gasteiger partial charge in [0.05, 0.1) is 11.7 Å². The zero-order valence-electron chi connectivity index (χ0n) is 14.3. The van der Waals surface area contributed by atoms with Crippen molar-refractivity contribution in [1.82, 2.24) is 14.9 Å². The molecule has 126 valence electrons. The van der Waals surface area contributed by atoms with Crippen molar-refractivity contribution in [3.05, 3.63) is 99.2 Å². The quantitative estimate of drug-likeness (QED) is 0.803. The molecule has 0 atom stereocenters. The van der Waals surface area contributed by atoms with Gasteiger partial charge in [0.25, 0.3) is 5.56 Å². The van der Waals surface area contributed by atoms with Crippen LogP contribution in [0.5, 0.6) is 0 Å². The first kappa shape index (κ1) is 15.8. The van der Waals surface area contributed by atoms with E-state index in [4.69, 9.17) is 4.98 Å². The lowest BCUT2D eigenvalue weighted by Gasteiger charge is -2.26. The molecule has 0 radical (unpaired) electrons. The normalized spacial score (nSPS) is 13.7. The summed E-state index contributed by atoms with van der Waals surface area (Å²) in [6.45, 7) is 3.43. The predicted octanol–water partition coefficient (Wildman–Crippen LogP) is 2.84. The van der Waals surface area contributed by atoms with Crippen LogP contribution in [-0.4, -0.2) is 16.1 Å². The van der Waals surface area contributed by atoms with Crippen LogP contribution in [0.1, 0.15) is 34.3 Å². The van der Waals surface area contributed by atoms with E-state index in [1.165, 1.54) is 0 Å². The van der Waals surface area contributed by atoms with Crippen LogP contribution in [0.15, 0.2) is 65.5 Å². The summed E-state index contributed by atoms with van der Waals surface area (Å²) in [4.78, 5) is 18.1. The number of nitrogens with one attached hydrogen (secondary N) is 1. The second-order valence-electron chi connectivity index (χ2n) is 6.41. The molecule has 25 heavy (non-hydrogen) atoms. The maximum atomic E-state index is 13.3. The number of fused-ring (bicyclic) bond motifs is 1. The van der Waals surface area contributed by atoms with E-state index in [1.54, 1.807) is 0 Å². The molecular formula is C21H21N3O. The Labute approximate surface area is 147 Å². The van der Waals surface area contributed by atoms with E-state index >= 15 is 0 Å². The summed E-state index contributed by atoms with van der Waals surface area (Å²) in [6.07, 6.45) is 0.734. The summed E-state index contributed by atoms with van der Waals surface area (Å²) >= 11 is 0. The van der Waals surface area contributed by atoms with Gasteiger partial charge in [-0.15, -0.1) is 0 Å². The number of benzene rings is 2. The van der Waals surface area contributed by atoms with Crippen molar-refractivity contribution in [2.24, 2.45) is 0 Å². The van der Waals surface area contributed by atoms with E-state index in [1.807, 2.05) is 47.9 Å². The number of aromatic nitrogens is 2. The van der Waals surface area contributed by atoms with Gasteiger partial charge in [0.1, 0.15) is 5.82 Å². The van der Waals surface area contributed by atoms with Gasteiger partial charge in [0, 0.05) is 12.1 Å². The van der Waals surface area contributed by atoms with Gasteiger partial charge < -0.3 is 5.32 Å². The summed E-state index contributed by atoms with van der Waals surface area (Å²) in [5.74, 6) is 0.755. The molecule has 1 aromatic heterocycles. The number of aryl methyl sites for hydroxylation is 1. The van der Waals surface area contributed by atoms with Crippen molar-refractivity contribution in [3.63, 3.8) is 0 Å². The van der Waals surface area contributed by atoms with Crippen LogP contribution in [-0.2, 0) is 13.0 Å². The Hall–Kier alpha value is -2.72. The highest BCUT2D eigenvalue weighted by atomic mass is 16.1. The fraction of sp³-hybridized carbons (Fsp3) is 0.238. The monoisotopic (exact) mass is 331 g/mol. The van der Waals surface area contributed by atoms with Gasteiger partial charge in [-0.3, -0.25) is 9.36 Å². The second-order valence-corrected chi connectivity index (χ2v) is 6.41. The minimum absolute atomic E-state index is 0.0849. The summed E-state index contributed by atoms with van der Waals surface area (Å²) in [5.41, 5.74) is 4.01. The van der Waals surface area contributed by atoms with E-state index < -0.39 is 0 Å². The molecule has 0 bridgehead atoms. The highest BCUT2D eigenvalue weighted by molar-refractivity contribution is 5.34.